The number of pyridine rings is 1. The van der Waals surface area contributed by atoms with E-state index in [1.54, 1.807) is 47.2 Å². The van der Waals surface area contributed by atoms with Gasteiger partial charge in [0.1, 0.15) is 17.1 Å². The van der Waals surface area contributed by atoms with Crippen LogP contribution in [0.2, 0.25) is 5.02 Å². The van der Waals surface area contributed by atoms with Gasteiger partial charge in [-0.05, 0) is 75.9 Å². The molecule has 2 aliphatic rings. The highest BCUT2D eigenvalue weighted by molar-refractivity contribution is 6.30. The molecule has 11 heteroatoms. The molecule has 0 bridgehead atoms. The SMILES string of the molecule is CCOC(=O)c1nn(-c2cccc(Cl)c2)c2c1CCN(c1cc3c(cn1)CCN(C(=O)OC(C)(C)C)C3)C2=O. The predicted octanol–water partition coefficient (Wildman–Crippen LogP) is 4.59. The number of esters is 1. The number of halogens is 1. The van der Waals surface area contributed by atoms with E-state index in [-0.39, 0.29) is 30.0 Å². The third-order valence-electron chi connectivity index (χ3n) is 6.55. The van der Waals surface area contributed by atoms with E-state index in [1.165, 1.54) is 4.68 Å². The Morgan fingerprint density at radius 3 is 2.62 bits per heavy atom. The number of carbonyl (C=O) groups is 3. The fraction of sp³-hybridized carbons (Fsp3) is 0.393. The van der Waals surface area contributed by atoms with Crippen molar-refractivity contribution in [1.29, 1.82) is 0 Å². The number of rotatable bonds is 4. The maximum absolute atomic E-state index is 13.9. The molecular weight excluding hydrogens is 522 g/mol. The number of carbonyl (C=O) groups excluding carboxylic acids is 3. The van der Waals surface area contributed by atoms with Crippen molar-refractivity contribution >= 4 is 35.4 Å². The first kappa shape index (κ1) is 26.7. The van der Waals surface area contributed by atoms with Gasteiger partial charge in [-0.25, -0.2) is 19.3 Å². The molecule has 0 spiro atoms. The Bertz CT molecular complexity index is 1460. The first-order chi connectivity index (χ1) is 18.6. The van der Waals surface area contributed by atoms with Crippen molar-refractivity contribution in [3.05, 3.63) is 69.6 Å². The topological polar surface area (TPSA) is 107 Å². The second-order valence-corrected chi connectivity index (χ2v) is 10.9. The van der Waals surface area contributed by atoms with Gasteiger partial charge in [-0.1, -0.05) is 17.7 Å². The molecule has 5 rings (SSSR count). The van der Waals surface area contributed by atoms with Crippen molar-refractivity contribution in [2.75, 3.05) is 24.6 Å². The minimum atomic E-state index is -0.590. The molecule has 0 fully saturated rings. The summed E-state index contributed by atoms with van der Waals surface area (Å²) in [4.78, 5) is 47.1. The smallest absolute Gasteiger partial charge is 0.410 e. The molecule has 0 saturated heterocycles. The van der Waals surface area contributed by atoms with Gasteiger partial charge in [0.05, 0.1) is 12.3 Å². The number of anilines is 1. The van der Waals surface area contributed by atoms with E-state index < -0.39 is 11.6 Å². The molecule has 0 radical (unpaired) electrons. The van der Waals surface area contributed by atoms with E-state index >= 15 is 0 Å². The molecule has 2 amide bonds. The van der Waals surface area contributed by atoms with Crippen molar-refractivity contribution < 1.29 is 23.9 Å². The van der Waals surface area contributed by atoms with Crippen LogP contribution in [-0.2, 0) is 28.9 Å². The van der Waals surface area contributed by atoms with Crippen LogP contribution >= 0.6 is 11.6 Å². The zero-order valence-corrected chi connectivity index (χ0v) is 23.1. The van der Waals surface area contributed by atoms with Gasteiger partial charge in [-0.3, -0.25) is 9.69 Å². The molecule has 3 aromatic rings. The lowest BCUT2D eigenvalue weighted by Crippen LogP contribution is -2.41. The summed E-state index contributed by atoms with van der Waals surface area (Å²) in [5, 5.41) is 4.96. The number of fused-ring (bicyclic) bond motifs is 2. The quantitative estimate of drug-likeness (QED) is 0.436. The molecule has 0 N–H and O–H groups in total. The number of hydrogen-bond acceptors (Lipinski definition) is 7. The van der Waals surface area contributed by atoms with Crippen LogP contribution in [0.25, 0.3) is 5.69 Å². The van der Waals surface area contributed by atoms with Crippen LogP contribution in [0.5, 0.6) is 0 Å². The summed E-state index contributed by atoms with van der Waals surface area (Å²) in [5.41, 5.74) is 2.81. The van der Waals surface area contributed by atoms with Gasteiger partial charge in [0.25, 0.3) is 5.91 Å². The summed E-state index contributed by atoms with van der Waals surface area (Å²) >= 11 is 6.22. The molecule has 204 valence electrons. The van der Waals surface area contributed by atoms with Crippen LogP contribution in [0.3, 0.4) is 0 Å². The predicted molar refractivity (Wildman–Crippen MR) is 144 cm³/mol. The number of nitrogens with zero attached hydrogens (tertiary/aromatic N) is 5. The molecular formula is C28H30ClN5O5. The Morgan fingerprint density at radius 2 is 1.90 bits per heavy atom. The Balaban J connectivity index is 1.49. The zero-order chi connectivity index (χ0) is 27.9. The molecule has 4 heterocycles. The molecule has 2 aliphatic heterocycles. The Kier molecular flexibility index (Phi) is 7.07. The Labute approximate surface area is 231 Å². The van der Waals surface area contributed by atoms with Gasteiger partial charge >= 0.3 is 12.1 Å². The fourth-order valence-electron chi connectivity index (χ4n) is 4.79. The van der Waals surface area contributed by atoms with Gasteiger partial charge in [0.15, 0.2) is 5.69 Å². The highest BCUT2D eigenvalue weighted by Crippen LogP contribution is 2.31. The van der Waals surface area contributed by atoms with Gasteiger partial charge in [0, 0.05) is 36.4 Å². The van der Waals surface area contributed by atoms with Crippen molar-refractivity contribution in [3.63, 3.8) is 0 Å². The molecule has 0 unspecified atom stereocenters. The molecule has 39 heavy (non-hydrogen) atoms. The van der Waals surface area contributed by atoms with Gasteiger partial charge in [0.2, 0.25) is 0 Å². The average Bonchev–Trinajstić information content (AvgIpc) is 3.28. The highest BCUT2D eigenvalue weighted by atomic mass is 35.5. The normalized spacial score (nSPS) is 15.1. The number of amides is 2. The minimum absolute atomic E-state index is 0.117. The molecule has 2 aromatic heterocycles. The van der Waals surface area contributed by atoms with Crippen LogP contribution in [0, 0.1) is 0 Å². The maximum atomic E-state index is 13.9. The summed E-state index contributed by atoms with van der Waals surface area (Å²) in [6.07, 6.45) is 2.42. The fourth-order valence-corrected chi connectivity index (χ4v) is 4.98. The summed E-state index contributed by atoms with van der Waals surface area (Å²) in [7, 11) is 0. The molecule has 1 aromatic carbocycles. The van der Waals surface area contributed by atoms with Gasteiger partial charge in [-0.2, -0.15) is 5.10 Å². The molecule has 0 saturated carbocycles. The zero-order valence-electron chi connectivity index (χ0n) is 22.4. The first-order valence-electron chi connectivity index (χ1n) is 12.9. The standard InChI is InChI=1S/C28H30ClN5O5/c1-5-38-26(36)23-21-10-12-33(25(35)24(21)34(31-23)20-8-6-7-19(29)14-20)22-13-18-16-32(11-9-17(18)15-30-22)27(37)39-28(2,3)4/h6-8,13-15H,5,9-12,16H2,1-4H3. The summed E-state index contributed by atoms with van der Waals surface area (Å²) in [5.74, 6) is -0.455. The second-order valence-electron chi connectivity index (χ2n) is 10.5. The van der Waals surface area contributed by atoms with Crippen LogP contribution < -0.4 is 4.90 Å². The highest BCUT2D eigenvalue weighted by Gasteiger charge is 2.36. The minimum Gasteiger partial charge on any atom is -0.461 e. The van der Waals surface area contributed by atoms with Crippen LogP contribution in [0.15, 0.2) is 36.5 Å². The van der Waals surface area contributed by atoms with E-state index in [4.69, 9.17) is 21.1 Å². The third kappa shape index (κ3) is 5.34. The number of ether oxygens (including phenoxy) is 2. The Hall–Kier alpha value is -3.92. The summed E-state index contributed by atoms with van der Waals surface area (Å²) < 4.78 is 12.2. The van der Waals surface area contributed by atoms with Crippen molar-refractivity contribution in [2.45, 2.75) is 52.7 Å². The Morgan fingerprint density at radius 1 is 1.10 bits per heavy atom. The first-order valence-corrected chi connectivity index (χ1v) is 13.3. The van der Waals surface area contributed by atoms with Gasteiger partial charge in [-0.15, -0.1) is 0 Å². The number of hydrogen-bond donors (Lipinski definition) is 0. The second kappa shape index (κ2) is 10.3. The summed E-state index contributed by atoms with van der Waals surface area (Å²) in [6, 6.07) is 8.77. The lowest BCUT2D eigenvalue weighted by atomic mass is 10.0. The third-order valence-corrected chi connectivity index (χ3v) is 6.78. The van der Waals surface area contributed by atoms with Crippen molar-refractivity contribution in [1.82, 2.24) is 19.7 Å². The van der Waals surface area contributed by atoms with Crippen LogP contribution in [0.1, 0.15) is 65.4 Å². The van der Waals surface area contributed by atoms with E-state index in [0.717, 1.165) is 11.1 Å². The van der Waals surface area contributed by atoms with Gasteiger partial charge < -0.3 is 14.4 Å². The van der Waals surface area contributed by atoms with Crippen molar-refractivity contribution in [3.8, 4) is 5.69 Å². The van der Waals surface area contributed by atoms with Crippen molar-refractivity contribution in [2.24, 2.45) is 0 Å². The largest absolute Gasteiger partial charge is 0.461 e. The molecule has 10 nitrogen and oxygen atoms in total. The average molecular weight is 552 g/mol. The van der Waals surface area contributed by atoms with E-state index in [2.05, 4.69) is 10.1 Å². The van der Waals surface area contributed by atoms with E-state index in [9.17, 15) is 14.4 Å². The molecule has 0 atom stereocenters. The number of benzene rings is 1. The van der Waals surface area contributed by atoms with E-state index in [0.29, 0.717) is 54.6 Å². The molecule has 0 aliphatic carbocycles. The summed E-state index contributed by atoms with van der Waals surface area (Å²) in [6.45, 7) is 8.62. The maximum Gasteiger partial charge on any atom is 0.410 e. The monoisotopic (exact) mass is 551 g/mol. The lowest BCUT2D eigenvalue weighted by Gasteiger charge is -2.32. The van der Waals surface area contributed by atoms with Crippen LogP contribution in [-0.4, -0.2) is 62.9 Å². The van der Waals surface area contributed by atoms with Crippen LogP contribution in [0.4, 0.5) is 10.6 Å². The number of aromatic nitrogens is 3. The van der Waals surface area contributed by atoms with E-state index in [1.807, 2.05) is 26.8 Å². The lowest BCUT2D eigenvalue weighted by molar-refractivity contribution is 0.0223.